The lowest BCUT2D eigenvalue weighted by molar-refractivity contribution is -0.244. The van der Waals surface area contributed by atoms with Crippen LogP contribution in [0.2, 0.25) is 0 Å². The molecule has 0 heterocycles. The Morgan fingerprint density at radius 1 is 1.26 bits per heavy atom. The van der Waals surface area contributed by atoms with Crippen LogP contribution in [0, 0.1) is 0 Å². The highest BCUT2D eigenvalue weighted by Gasteiger charge is 1.98. The summed E-state index contributed by atoms with van der Waals surface area (Å²) in [6.07, 6.45) is 4.25. The van der Waals surface area contributed by atoms with Crippen molar-refractivity contribution in [2.24, 2.45) is 0 Å². The molecule has 4 nitrogen and oxygen atoms in total. The molecule has 1 rings (SSSR count). The first-order valence-electron chi connectivity index (χ1n) is 6.37. The number of hydrogen-bond donors (Lipinski definition) is 0. The lowest BCUT2D eigenvalue weighted by Crippen LogP contribution is -2.06. The van der Waals surface area contributed by atoms with Gasteiger partial charge in [-0.3, -0.25) is 0 Å². The number of carbonyl (C=O) groups is 1. The lowest BCUT2D eigenvalue weighted by Gasteiger charge is -2.12. The predicted octanol–water partition coefficient (Wildman–Crippen LogP) is 2.13. The summed E-state index contributed by atoms with van der Waals surface area (Å²) in [4.78, 5) is 10.9. The van der Waals surface area contributed by atoms with Crippen LogP contribution in [0.4, 0.5) is 0 Å². The Bertz CT molecular complexity index is 420. The molecular formula is C15H19O4-. The Kier molecular flexibility index (Phi) is 6.50. The summed E-state index contributed by atoms with van der Waals surface area (Å²) < 4.78 is 9.93. The van der Waals surface area contributed by atoms with E-state index in [4.69, 9.17) is 4.74 Å². The van der Waals surface area contributed by atoms with Crippen molar-refractivity contribution in [3.8, 4) is 5.75 Å². The maximum absolute atomic E-state index is 11.6. The van der Waals surface area contributed by atoms with E-state index < -0.39 is 5.97 Å². The molecule has 4 heteroatoms. The molecule has 1 aromatic rings. The van der Waals surface area contributed by atoms with E-state index >= 15 is 0 Å². The largest absolute Gasteiger partial charge is 0.872 e. The van der Waals surface area contributed by atoms with Crippen LogP contribution in [0.15, 0.2) is 30.3 Å². The molecule has 1 aromatic carbocycles. The fourth-order valence-corrected chi connectivity index (χ4v) is 1.51. The molecule has 0 saturated heterocycles. The Morgan fingerprint density at radius 2 is 1.95 bits per heavy atom. The van der Waals surface area contributed by atoms with E-state index in [9.17, 15) is 9.90 Å². The summed E-state index contributed by atoms with van der Waals surface area (Å²) in [5.41, 5.74) is 0.436. The number of benzene rings is 1. The summed E-state index contributed by atoms with van der Waals surface area (Å²) >= 11 is 0. The molecule has 0 amide bonds. The van der Waals surface area contributed by atoms with Crippen molar-refractivity contribution < 1.29 is 19.4 Å². The monoisotopic (exact) mass is 263 g/mol. The number of carbonyl (C=O) groups excluding carboxylic acids is 1. The first-order valence-corrected chi connectivity index (χ1v) is 6.37. The maximum atomic E-state index is 11.6. The fraction of sp³-hybridized carbons (Fsp3) is 0.400. The van der Waals surface area contributed by atoms with Crippen LogP contribution in [0.1, 0.15) is 31.7 Å². The van der Waals surface area contributed by atoms with Crippen LogP contribution >= 0.6 is 0 Å². The Morgan fingerprint density at radius 3 is 2.53 bits per heavy atom. The van der Waals surface area contributed by atoms with Crippen molar-refractivity contribution in [2.45, 2.75) is 26.2 Å². The van der Waals surface area contributed by atoms with Gasteiger partial charge < -0.3 is 14.6 Å². The van der Waals surface area contributed by atoms with Gasteiger partial charge in [0.05, 0.1) is 13.7 Å². The molecular weight excluding hydrogens is 244 g/mol. The van der Waals surface area contributed by atoms with Gasteiger partial charge in [-0.2, -0.15) is 0 Å². The Labute approximate surface area is 113 Å². The summed E-state index contributed by atoms with van der Waals surface area (Å²) in [7, 11) is 1.24. The van der Waals surface area contributed by atoms with Gasteiger partial charge in [0, 0.05) is 6.08 Å². The molecule has 0 spiro atoms. The van der Waals surface area contributed by atoms with E-state index in [1.807, 2.05) is 0 Å². The highest BCUT2D eigenvalue weighted by atomic mass is 16.5. The van der Waals surface area contributed by atoms with Gasteiger partial charge in [0.15, 0.2) is 0 Å². The molecule has 0 aliphatic carbocycles. The normalized spacial score (nSPS) is 11.2. The molecule has 0 aliphatic heterocycles. The molecule has 0 aliphatic rings. The van der Waals surface area contributed by atoms with Gasteiger partial charge >= 0.3 is 5.97 Å². The van der Waals surface area contributed by atoms with E-state index in [0.717, 1.165) is 31.1 Å². The smallest absolute Gasteiger partial charge is 0.329 e. The first kappa shape index (κ1) is 15.1. The molecule has 0 fully saturated rings. The van der Waals surface area contributed by atoms with Gasteiger partial charge in [-0.1, -0.05) is 37.7 Å². The van der Waals surface area contributed by atoms with Gasteiger partial charge in [-0.05, 0) is 24.1 Å². The van der Waals surface area contributed by atoms with Crippen molar-refractivity contribution in [1.82, 2.24) is 0 Å². The molecule has 0 unspecified atom stereocenters. The minimum absolute atomic E-state index is 0.371. The third-order valence-electron chi connectivity index (χ3n) is 2.61. The number of rotatable bonds is 7. The maximum Gasteiger partial charge on any atom is 0.329 e. The molecule has 0 aromatic heterocycles. The van der Waals surface area contributed by atoms with Crippen molar-refractivity contribution >= 4 is 11.7 Å². The number of unbranched alkanes of at least 4 members (excludes halogenated alkanes) is 2. The third-order valence-corrected chi connectivity index (χ3v) is 2.61. The number of methoxy groups -OCH3 is 1. The molecule has 104 valence electrons. The van der Waals surface area contributed by atoms with Crippen LogP contribution in [-0.4, -0.2) is 19.7 Å². The van der Waals surface area contributed by atoms with Crippen LogP contribution < -0.4 is 9.84 Å². The molecule has 0 N–H and O–H groups in total. The molecule has 0 bridgehead atoms. The average molecular weight is 263 g/mol. The van der Waals surface area contributed by atoms with Gasteiger partial charge in [-0.15, -0.1) is 0 Å². The van der Waals surface area contributed by atoms with Crippen LogP contribution in [0.3, 0.4) is 0 Å². The second-order valence-corrected chi connectivity index (χ2v) is 4.11. The van der Waals surface area contributed by atoms with E-state index in [1.165, 1.54) is 7.11 Å². The van der Waals surface area contributed by atoms with Crippen molar-refractivity contribution in [2.75, 3.05) is 13.7 Å². The Hall–Kier alpha value is -1.97. The van der Waals surface area contributed by atoms with Gasteiger partial charge in [-0.25, -0.2) is 4.79 Å². The third kappa shape index (κ3) is 5.46. The standard InChI is InChI=1S/C15H20O4/c1-3-4-5-10-19-13-8-6-12(7-9-13)14(16)11-15(17)18-2/h6-9,11,16H,3-5,10H2,1-2H3/p-1/b14-11-. The SMILES string of the molecule is CCCCCOc1ccc(/C([O-])=C/C(=O)OC)cc1. The van der Waals surface area contributed by atoms with Crippen LogP contribution in [0.5, 0.6) is 5.75 Å². The highest BCUT2D eigenvalue weighted by molar-refractivity contribution is 5.88. The van der Waals surface area contributed by atoms with Crippen LogP contribution in [0.25, 0.3) is 5.76 Å². The number of hydrogen-bond acceptors (Lipinski definition) is 4. The summed E-state index contributed by atoms with van der Waals surface area (Å²) in [5.74, 6) is -0.292. The number of esters is 1. The zero-order chi connectivity index (χ0) is 14.1. The van der Waals surface area contributed by atoms with Gasteiger partial charge in [0.2, 0.25) is 0 Å². The van der Waals surface area contributed by atoms with Crippen LogP contribution in [-0.2, 0) is 9.53 Å². The zero-order valence-corrected chi connectivity index (χ0v) is 11.3. The lowest BCUT2D eigenvalue weighted by atomic mass is 10.1. The minimum atomic E-state index is -0.648. The fourth-order valence-electron chi connectivity index (χ4n) is 1.51. The predicted molar refractivity (Wildman–Crippen MR) is 71.5 cm³/mol. The van der Waals surface area contributed by atoms with E-state index in [1.54, 1.807) is 24.3 Å². The molecule has 0 saturated carbocycles. The second kappa shape index (κ2) is 8.19. The van der Waals surface area contributed by atoms with Gasteiger partial charge in [0.25, 0.3) is 0 Å². The average Bonchev–Trinajstić information content (AvgIpc) is 2.44. The van der Waals surface area contributed by atoms with Crippen molar-refractivity contribution in [1.29, 1.82) is 0 Å². The summed E-state index contributed by atoms with van der Waals surface area (Å²) in [6.45, 7) is 2.81. The van der Waals surface area contributed by atoms with Crippen molar-refractivity contribution in [3.63, 3.8) is 0 Å². The topological polar surface area (TPSA) is 58.6 Å². The number of ether oxygens (including phenoxy) is 2. The first-order chi connectivity index (χ1) is 9.17. The van der Waals surface area contributed by atoms with Crippen molar-refractivity contribution in [3.05, 3.63) is 35.9 Å². The quantitative estimate of drug-likeness (QED) is 0.327. The van der Waals surface area contributed by atoms with E-state index in [2.05, 4.69) is 11.7 Å². The highest BCUT2D eigenvalue weighted by Crippen LogP contribution is 2.16. The second-order valence-electron chi connectivity index (χ2n) is 4.11. The minimum Gasteiger partial charge on any atom is -0.872 e. The Balaban J connectivity index is 2.56. The van der Waals surface area contributed by atoms with Gasteiger partial charge in [0.1, 0.15) is 5.75 Å². The molecule has 19 heavy (non-hydrogen) atoms. The molecule has 0 atom stereocenters. The molecule has 0 radical (unpaired) electrons. The van der Waals surface area contributed by atoms with E-state index in [-0.39, 0.29) is 5.76 Å². The zero-order valence-electron chi connectivity index (χ0n) is 11.3. The van der Waals surface area contributed by atoms with E-state index in [0.29, 0.717) is 12.2 Å². The summed E-state index contributed by atoms with van der Waals surface area (Å²) in [5, 5.41) is 11.6. The summed E-state index contributed by atoms with van der Waals surface area (Å²) in [6, 6.07) is 6.72.